The molecule has 0 spiro atoms. The molecule has 0 bridgehead atoms. The molecule has 3 heteroatoms. The van der Waals surface area contributed by atoms with Gasteiger partial charge in [-0.2, -0.15) is 5.06 Å². The van der Waals surface area contributed by atoms with Crippen LogP contribution in [-0.2, 0) is 4.84 Å². The third-order valence-corrected chi connectivity index (χ3v) is 4.76. The normalized spacial score (nSPS) is 23.1. The van der Waals surface area contributed by atoms with Gasteiger partial charge < -0.3 is 5.11 Å². The third kappa shape index (κ3) is 5.88. The molecule has 1 atom stereocenters. The van der Waals surface area contributed by atoms with Gasteiger partial charge in [0.1, 0.15) is 6.10 Å². The van der Waals surface area contributed by atoms with Crippen molar-refractivity contribution in [3.05, 3.63) is 0 Å². The summed E-state index contributed by atoms with van der Waals surface area (Å²) in [4.78, 5) is 6.26. The Kier molecular flexibility index (Phi) is 7.66. The molecule has 0 amide bonds. The number of hydrogen-bond acceptors (Lipinski definition) is 3. The lowest BCUT2D eigenvalue weighted by Crippen LogP contribution is -2.59. The average molecular weight is 299 g/mol. The summed E-state index contributed by atoms with van der Waals surface area (Å²) < 4.78 is 0. The Labute approximate surface area is 132 Å². The second-order valence-corrected chi connectivity index (χ2v) is 7.89. The topological polar surface area (TPSA) is 32.7 Å². The van der Waals surface area contributed by atoms with Gasteiger partial charge in [0.05, 0.1) is 6.61 Å². The lowest BCUT2D eigenvalue weighted by atomic mass is 9.82. The van der Waals surface area contributed by atoms with Crippen LogP contribution in [0.15, 0.2) is 0 Å². The van der Waals surface area contributed by atoms with Crippen molar-refractivity contribution in [3.8, 4) is 0 Å². The van der Waals surface area contributed by atoms with Gasteiger partial charge in [0, 0.05) is 11.1 Å². The molecular formula is C18H37NO2. The smallest absolute Gasteiger partial charge is 0.102 e. The number of unbranched alkanes of at least 4 members (excludes halogenated alkanes) is 4. The Morgan fingerprint density at radius 3 is 2.10 bits per heavy atom. The van der Waals surface area contributed by atoms with Crippen LogP contribution in [0.2, 0.25) is 0 Å². The molecule has 0 aromatic rings. The lowest BCUT2D eigenvalue weighted by Gasteiger charge is -2.52. The fraction of sp³-hybridized carbons (Fsp3) is 1.00. The van der Waals surface area contributed by atoms with E-state index in [1.807, 2.05) is 0 Å². The van der Waals surface area contributed by atoms with Gasteiger partial charge in [0.2, 0.25) is 0 Å². The molecule has 1 aliphatic rings. The summed E-state index contributed by atoms with van der Waals surface area (Å²) in [6.45, 7) is 11.4. The predicted octanol–water partition coefficient (Wildman–Crippen LogP) is 4.68. The highest BCUT2D eigenvalue weighted by Crippen LogP contribution is 2.39. The number of hydroxylamine groups is 2. The van der Waals surface area contributed by atoms with Crippen molar-refractivity contribution in [2.45, 2.75) is 110 Å². The predicted molar refractivity (Wildman–Crippen MR) is 89.2 cm³/mol. The molecular weight excluding hydrogens is 262 g/mol. The zero-order valence-electron chi connectivity index (χ0n) is 15.0. The van der Waals surface area contributed by atoms with E-state index in [1.165, 1.54) is 32.1 Å². The maximum Gasteiger partial charge on any atom is 0.102 e. The molecule has 1 saturated heterocycles. The van der Waals surface area contributed by atoms with E-state index in [1.54, 1.807) is 0 Å². The second kappa shape index (κ2) is 8.50. The minimum atomic E-state index is -0.0525. The van der Waals surface area contributed by atoms with Gasteiger partial charge in [-0.3, -0.25) is 4.84 Å². The largest absolute Gasteiger partial charge is 0.394 e. The quantitative estimate of drug-likeness (QED) is 0.627. The highest BCUT2D eigenvalue weighted by molar-refractivity contribution is 4.93. The van der Waals surface area contributed by atoms with Crippen molar-refractivity contribution in [2.75, 3.05) is 6.61 Å². The number of aliphatic hydroxyl groups is 1. The zero-order chi connectivity index (χ0) is 15.9. The van der Waals surface area contributed by atoms with Crippen LogP contribution in [0.1, 0.15) is 92.4 Å². The maximum atomic E-state index is 9.65. The van der Waals surface area contributed by atoms with E-state index >= 15 is 0 Å². The number of rotatable bonds is 9. The van der Waals surface area contributed by atoms with E-state index in [9.17, 15) is 5.11 Å². The second-order valence-electron chi connectivity index (χ2n) is 7.89. The van der Waals surface area contributed by atoms with Crippen LogP contribution in [-0.4, -0.2) is 34.0 Å². The average Bonchev–Trinajstić information content (AvgIpc) is 2.39. The van der Waals surface area contributed by atoms with Crippen molar-refractivity contribution < 1.29 is 9.94 Å². The molecule has 1 N–H and O–H groups in total. The van der Waals surface area contributed by atoms with Crippen LogP contribution < -0.4 is 0 Å². The highest BCUT2D eigenvalue weighted by atomic mass is 16.7. The van der Waals surface area contributed by atoms with Crippen molar-refractivity contribution in [2.24, 2.45) is 0 Å². The minimum Gasteiger partial charge on any atom is -0.394 e. The Balaban J connectivity index is 2.49. The van der Waals surface area contributed by atoms with Crippen LogP contribution in [0.4, 0.5) is 0 Å². The van der Waals surface area contributed by atoms with Crippen LogP contribution in [0.3, 0.4) is 0 Å². The first-order chi connectivity index (χ1) is 9.83. The Bertz CT molecular complexity index is 273. The third-order valence-electron chi connectivity index (χ3n) is 4.76. The van der Waals surface area contributed by atoms with E-state index in [0.29, 0.717) is 0 Å². The Morgan fingerprint density at radius 2 is 1.57 bits per heavy atom. The Morgan fingerprint density at radius 1 is 1.00 bits per heavy atom. The molecule has 1 fully saturated rings. The number of piperidine rings is 1. The molecule has 0 saturated carbocycles. The van der Waals surface area contributed by atoms with Gasteiger partial charge in [-0.05, 0) is 53.4 Å². The van der Waals surface area contributed by atoms with Gasteiger partial charge in [0.25, 0.3) is 0 Å². The SMILES string of the molecule is CCCCCCCC(CO)ON1C(C)(C)CCCC1(C)C. The van der Waals surface area contributed by atoms with Crippen LogP contribution in [0, 0.1) is 0 Å². The number of aliphatic hydroxyl groups excluding tert-OH is 1. The van der Waals surface area contributed by atoms with E-state index < -0.39 is 0 Å². The molecule has 0 aromatic carbocycles. The summed E-state index contributed by atoms with van der Waals surface area (Å²) in [6, 6.07) is 0. The van der Waals surface area contributed by atoms with E-state index in [-0.39, 0.29) is 23.8 Å². The van der Waals surface area contributed by atoms with Crippen molar-refractivity contribution in [1.29, 1.82) is 0 Å². The zero-order valence-corrected chi connectivity index (χ0v) is 15.0. The van der Waals surface area contributed by atoms with Gasteiger partial charge in [-0.1, -0.05) is 39.0 Å². The molecule has 0 aliphatic carbocycles. The number of hydrogen-bond donors (Lipinski definition) is 1. The lowest BCUT2D eigenvalue weighted by molar-refractivity contribution is -0.309. The van der Waals surface area contributed by atoms with Gasteiger partial charge >= 0.3 is 0 Å². The monoisotopic (exact) mass is 299 g/mol. The molecule has 21 heavy (non-hydrogen) atoms. The minimum absolute atomic E-state index is 0.0525. The van der Waals surface area contributed by atoms with Gasteiger partial charge in [-0.25, -0.2) is 0 Å². The molecule has 126 valence electrons. The molecule has 1 heterocycles. The molecule has 0 radical (unpaired) electrons. The summed E-state index contributed by atoms with van der Waals surface area (Å²) in [6.07, 6.45) is 10.8. The summed E-state index contributed by atoms with van der Waals surface area (Å²) in [5, 5.41) is 11.8. The van der Waals surface area contributed by atoms with Crippen molar-refractivity contribution in [1.82, 2.24) is 5.06 Å². The first kappa shape index (κ1) is 18.9. The standard InChI is InChI=1S/C18H37NO2/c1-6-7-8-9-10-12-16(15-20)21-19-17(2,3)13-11-14-18(19,4)5/h16,20H,6-15H2,1-5H3. The van der Waals surface area contributed by atoms with Crippen LogP contribution in [0.25, 0.3) is 0 Å². The molecule has 1 rings (SSSR count). The molecule has 0 aromatic heterocycles. The van der Waals surface area contributed by atoms with Gasteiger partial charge in [0.15, 0.2) is 0 Å². The molecule has 3 nitrogen and oxygen atoms in total. The van der Waals surface area contributed by atoms with Gasteiger partial charge in [-0.15, -0.1) is 0 Å². The van der Waals surface area contributed by atoms with E-state index in [0.717, 1.165) is 25.7 Å². The Hall–Kier alpha value is -0.120. The van der Waals surface area contributed by atoms with Crippen molar-refractivity contribution >= 4 is 0 Å². The van der Waals surface area contributed by atoms with Crippen LogP contribution >= 0.6 is 0 Å². The summed E-state index contributed by atoms with van der Waals surface area (Å²) in [7, 11) is 0. The molecule has 1 aliphatic heterocycles. The summed E-state index contributed by atoms with van der Waals surface area (Å²) >= 11 is 0. The molecule has 1 unspecified atom stereocenters. The summed E-state index contributed by atoms with van der Waals surface area (Å²) in [5.41, 5.74) is 0.106. The summed E-state index contributed by atoms with van der Waals surface area (Å²) in [5.74, 6) is 0. The fourth-order valence-corrected chi connectivity index (χ4v) is 3.56. The van der Waals surface area contributed by atoms with E-state index in [2.05, 4.69) is 39.7 Å². The maximum absolute atomic E-state index is 9.65. The highest BCUT2D eigenvalue weighted by Gasteiger charge is 2.43. The van der Waals surface area contributed by atoms with Crippen LogP contribution in [0.5, 0.6) is 0 Å². The number of nitrogens with zero attached hydrogens (tertiary/aromatic N) is 1. The first-order valence-corrected chi connectivity index (χ1v) is 8.91. The van der Waals surface area contributed by atoms with Crippen molar-refractivity contribution in [3.63, 3.8) is 0 Å². The fourth-order valence-electron chi connectivity index (χ4n) is 3.56. The van der Waals surface area contributed by atoms with E-state index in [4.69, 9.17) is 4.84 Å². The first-order valence-electron chi connectivity index (χ1n) is 8.91.